The van der Waals surface area contributed by atoms with Crippen molar-refractivity contribution < 1.29 is 39.7 Å². The van der Waals surface area contributed by atoms with Crippen molar-refractivity contribution >= 4 is 0 Å². The van der Waals surface area contributed by atoms with E-state index in [1.54, 1.807) is 0 Å². The molecule has 0 amide bonds. The van der Waals surface area contributed by atoms with E-state index in [9.17, 15) is 25.5 Å². The van der Waals surface area contributed by atoms with E-state index >= 15 is 0 Å². The molecule has 142 valence electrons. The lowest BCUT2D eigenvalue weighted by Gasteiger charge is -2.51. The third kappa shape index (κ3) is 3.47. The van der Waals surface area contributed by atoms with E-state index in [4.69, 9.17) is 14.2 Å². The van der Waals surface area contributed by atoms with Crippen LogP contribution in [0.15, 0.2) is 0 Å². The first-order valence-corrected chi connectivity index (χ1v) is 8.37. The molecule has 24 heavy (non-hydrogen) atoms. The third-order valence-electron chi connectivity index (χ3n) is 5.82. The molecule has 0 aromatic heterocycles. The molecule has 2 fully saturated rings. The van der Waals surface area contributed by atoms with Gasteiger partial charge in [0.2, 0.25) is 0 Å². The van der Waals surface area contributed by atoms with E-state index in [0.717, 1.165) is 0 Å². The van der Waals surface area contributed by atoms with Gasteiger partial charge in [0.25, 0.3) is 0 Å². The predicted octanol–water partition coefficient (Wildman–Crippen LogP) is -1.18. The molecule has 5 N–H and O–H groups in total. The van der Waals surface area contributed by atoms with Crippen molar-refractivity contribution in [1.29, 1.82) is 0 Å². The van der Waals surface area contributed by atoms with Crippen LogP contribution in [0.1, 0.15) is 27.7 Å². The number of rotatable bonds is 4. The maximum atomic E-state index is 10.2. The molecule has 9 unspecified atom stereocenters. The highest BCUT2D eigenvalue weighted by Crippen LogP contribution is 2.45. The highest BCUT2D eigenvalue weighted by molar-refractivity contribution is 4.94. The van der Waals surface area contributed by atoms with Crippen molar-refractivity contribution in [2.75, 3.05) is 13.2 Å². The summed E-state index contributed by atoms with van der Waals surface area (Å²) in [4.78, 5) is 0. The zero-order chi connectivity index (χ0) is 18.2. The van der Waals surface area contributed by atoms with Gasteiger partial charge in [0.05, 0.1) is 19.3 Å². The van der Waals surface area contributed by atoms with Gasteiger partial charge in [0, 0.05) is 5.92 Å². The Labute approximate surface area is 142 Å². The minimum Gasteiger partial charge on any atom is -0.394 e. The van der Waals surface area contributed by atoms with Crippen LogP contribution in [0.5, 0.6) is 0 Å². The number of hydrogen-bond acceptors (Lipinski definition) is 8. The van der Waals surface area contributed by atoms with Crippen molar-refractivity contribution in [2.45, 2.75) is 70.8 Å². The second-order valence-corrected chi connectivity index (χ2v) is 7.47. The Morgan fingerprint density at radius 1 is 0.958 bits per heavy atom. The van der Waals surface area contributed by atoms with Gasteiger partial charge in [0.15, 0.2) is 12.6 Å². The van der Waals surface area contributed by atoms with Gasteiger partial charge in [0.1, 0.15) is 24.4 Å². The van der Waals surface area contributed by atoms with Gasteiger partial charge >= 0.3 is 0 Å². The van der Waals surface area contributed by atoms with Crippen molar-refractivity contribution in [3.05, 3.63) is 0 Å². The van der Waals surface area contributed by atoms with Gasteiger partial charge in [-0.15, -0.1) is 0 Å². The van der Waals surface area contributed by atoms with Crippen LogP contribution in [-0.2, 0) is 14.2 Å². The summed E-state index contributed by atoms with van der Waals surface area (Å²) < 4.78 is 16.8. The smallest absolute Gasteiger partial charge is 0.184 e. The van der Waals surface area contributed by atoms with Crippen molar-refractivity contribution in [3.63, 3.8) is 0 Å². The fraction of sp³-hybridized carbons (Fsp3) is 1.00. The molecule has 0 bridgehead atoms. The molecular formula is C16H30O8. The zero-order valence-electron chi connectivity index (χ0n) is 14.6. The fourth-order valence-electron chi connectivity index (χ4n) is 3.49. The average molecular weight is 350 g/mol. The van der Waals surface area contributed by atoms with Crippen LogP contribution in [0.2, 0.25) is 0 Å². The van der Waals surface area contributed by atoms with E-state index in [1.807, 2.05) is 27.7 Å². The van der Waals surface area contributed by atoms with Crippen LogP contribution in [0.25, 0.3) is 0 Å². The first-order valence-electron chi connectivity index (χ1n) is 8.37. The zero-order valence-corrected chi connectivity index (χ0v) is 14.6. The van der Waals surface area contributed by atoms with Crippen LogP contribution in [0.4, 0.5) is 0 Å². The first kappa shape index (κ1) is 20.0. The highest BCUT2D eigenvalue weighted by Gasteiger charge is 2.51. The molecular weight excluding hydrogens is 320 g/mol. The molecule has 8 heteroatoms. The standard InChI is InChI=1S/C16H30O8/c1-7-8(2)16(3,4)10(6-18)23-15(7)24-13-9(5-17)22-14(21)12(20)11(13)19/h7-15,17-21H,5-6H2,1-4H3. The summed E-state index contributed by atoms with van der Waals surface area (Å²) in [6, 6.07) is 0. The summed E-state index contributed by atoms with van der Waals surface area (Å²) in [5, 5.41) is 48.6. The molecule has 2 aliphatic rings. The van der Waals surface area contributed by atoms with Crippen molar-refractivity contribution in [3.8, 4) is 0 Å². The SMILES string of the molecule is CC1C(OC2C(CO)OC(O)C(O)C2O)OC(CO)C(C)(C)C1C. The quantitative estimate of drug-likeness (QED) is 0.428. The van der Waals surface area contributed by atoms with E-state index in [-0.39, 0.29) is 23.9 Å². The Morgan fingerprint density at radius 2 is 1.58 bits per heavy atom. The molecule has 2 rings (SSSR count). The second-order valence-electron chi connectivity index (χ2n) is 7.47. The Balaban J connectivity index is 2.16. The second kappa shape index (κ2) is 7.51. The topological polar surface area (TPSA) is 129 Å². The maximum Gasteiger partial charge on any atom is 0.184 e. The minimum atomic E-state index is -1.59. The van der Waals surface area contributed by atoms with Crippen LogP contribution in [0.3, 0.4) is 0 Å². The molecule has 0 aromatic rings. The summed E-state index contributed by atoms with van der Waals surface area (Å²) in [6.07, 6.45) is -7.81. The number of aliphatic hydroxyl groups is 5. The largest absolute Gasteiger partial charge is 0.394 e. The maximum absolute atomic E-state index is 10.2. The molecule has 9 atom stereocenters. The molecule has 2 aliphatic heterocycles. The lowest BCUT2D eigenvalue weighted by Crippen LogP contribution is -2.62. The monoisotopic (exact) mass is 350 g/mol. The third-order valence-corrected chi connectivity index (χ3v) is 5.82. The summed E-state index contributed by atoms with van der Waals surface area (Å²) >= 11 is 0. The summed E-state index contributed by atoms with van der Waals surface area (Å²) in [6.45, 7) is 7.36. The number of ether oxygens (including phenoxy) is 3. The van der Waals surface area contributed by atoms with Gasteiger partial charge in [-0.05, 0) is 11.3 Å². The van der Waals surface area contributed by atoms with Crippen LogP contribution in [-0.4, -0.2) is 81.8 Å². The lowest BCUT2D eigenvalue weighted by molar-refractivity contribution is -0.346. The fourth-order valence-corrected chi connectivity index (χ4v) is 3.49. The van der Waals surface area contributed by atoms with E-state index in [2.05, 4.69) is 0 Å². The van der Waals surface area contributed by atoms with Gasteiger partial charge in [-0.25, -0.2) is 0 Å². The van der Waals surface area contributed by atoms with Gasteiger partial charge in [-0.3, -0.25) is 0 Å². The summed E-state index contributed by atoms with van der Waals surface area (Å²) in [5.41, 5.74) is -0.262. The Bertz CT molecular complexity index is 411. The molecule has 2 heterocycles. The highest BCUT2D eigenvalue weighted by atomic mass is 16.7. The molecule has 0 radical (unpaired) electrons. The molecule has 0 saturated carbocycles. The van der Waals surface area contributed by atoms with E-state index in [0.29, 0.717) is 0 Å². The number of hydrogen-bond donors (Lipinski definition) is 5. The Hall–Kier alpha value is -0.320. The molecule has 2 saturated heterocycles. The normalized spacial score (nSPS) is 49.1. The Kier molecular flexibility index (Phi) is 6.26. The van der Waals surface area contributed by atoms with Crippen molar-refractivity contribution in [2.24, 2.45) is 17.3 Å². The summed E-state index contributed by atoms with van der Waals surface area (Å²) in [7, 11) is 0. The van der Waals surface area contributed by atoms with Crippen molar-refractivity contribution in [1.82, 2.24) is 0 Å². The van der Waals surface area contributed by atoms with Gasteiger partial charge in [-0.1, -0.05) is 27.7 Å². The average Bonchev–Trinajstić information content (AvgIpc) is 2.55. The van der Waals surface area contributed by atoms with Gasteiger partial charge in [-0.2, -0.15) is 0 Å². The van der Waals surface area contributed by atoms with Gasteiger partial charge < -0.3 is 39.7 Å². The summed E-state index contributed by atoms with van der Waals surface area (Å²) in [5.74, 6) is 0.0940. The molecule has 0 aromatic carbocycles. The number of aliphatic hydroxyl groups excluding tert-OH is 5. The van der Waals surface area contributed by atoms with Crippen LogP contribution in [0, 0.1) is 17.3 Å². The van der Waals surface area contributed by atoms with Crippen LogP contribution >= 0.6 is 0 Å². The Morgan fingerprint density at radius 3 is 2.12 bits per heavy atom. The first-order chi connectivity index (χ1) is 11.1. The lowest BCUT2D eigenvalue weighted by atomic mass is 9.68. The molecule has 0 aliphatic carbocycles. The van der Waals surface area contributed by atoms with E-state index < -0.39 is 49.7 Å². The predicted molar refractivity (Wildman–Crippen MR) is 82.7 cm³/mol. The minimum absolute atomic E-state index is 0.0571. The van der Waals surface area contributed by atoms with E-state index in [1.165, 1.54) is 0 Å². The molecule has 0 spiro atoms. The molecule has 8 nitrogen and oxygen atoms in total. The van der Waals surface area contributed by atoms with Crippen LogP contribution < -0.4 is 0 Å².